The molecule has 4 nitrogen and oxygen atoms in total. The largest absolute Gasteiger partial charge is 0.467 e. The van der Waals surface area contributed by atoms with Crippen LogP contribution < -0.4 is 0 Å². The number of esters is 1. The standard InChI is InChI=1S/C15H15ClFNO3/c1-21-15(20)13-3-2-8-18(13)14(19)7-5-10-4-6-12(17)11(16)9-10/h4-7,9,13H,2-3,8H2,1H3/b7-5+. The summed E-state index contributed by atoms with van der Waals surface area (Å²) in [6, 6.07) is 3.67. The van der Waals surface area contributed by atoms with E-state index < -0.39 is 17.8 Å². The smallest absolute Gasteiger partial charge is 0.328 e. The number of amides is 1. The average molecular weight is 312 g/mol. The molecule has 1 saturated heterocycles. The van der Waals surface area contributed by atoms with E-state index in [2.05, 4.69) is 0 Å². The normalized spacial score (nSPS) is 18.2. The second kappa shape index (κ2) is 6.72. The summed E-state index contributed by atoms with van der Waals surface area (Å²) in [6.07, 6.45) is 4.27. The van der Waals surface area contributed by atoms with Gasteiger partial charge in [0.05, 0.1) is 12.1 Å². The van der Waals surface area contributed by atoms with Crippen LogP contribution in [0.5, 0.6) is 0 Å². The van der Waals surface area contributed by atoms with Crippen LogP contribution in [-0.2, 0) is 14.3 Å². The van der Waals surface area contributed by atoms with Gasteiger partial charge in [-0.1, -0.05) is 17.7 Å². The van der Waals surface area contributed by atoms with Gasteiger partial charge in [0.15, 0.2) is 0 Å². The molecule has 112 valence electrons. The van der Waals surface area contributed by atoms with Crippen LogP contribution in [0.4, 0.5) is 4.39 Å². The highest BCUT2D eigenvalue weighted by molar-refractivity contribution is 6.30. The molecular formula is C15H15ClFNO3. The fourth-order valence-electron chi connectivity index (χ4n) is 2.29. The Hall–Kier alpha value is -1.88. The van der Waals surface area contributed by atoms with Gasteiger partial charge >= 0.3 is 5.97 Å². The highest BCUT2D eigenvalue weighted by Crippen LogP contribution is 2.20. The number of ether oxygens (including phenoxy) is 1. The molecule has 1 aliphatic heterocycles. The Labute approximate surface area is 127 Å². The zero-order chi connectivity index (χ0) is 15.4. The number of methoxy groups -OCH3 is 1. The zero-order valence-electron chi connectivity index (χ0n) is 11.5. The van der Waals surface area contributed by atoms with E-state index in [0.717, 1.165) is 6.42 Å². The summed E-state index contributed by atoms with van der Waals surface area (Å²) in [5.41, 5.74) is 0.614. The number of hydrogen-bond acceptors (Lipinski definition) is 3. The molecule has 0 saturated carbocycles. The van der Waals surface area contributed by atoms with Gasteiger partial charge in [0.1, 0.15) is 11.9 Å². The fraction of sp³-hybridized carbons (Fsp3) is 0.333. The molecule has 1 aliphatic rings. The van der Waals surface area contributed by atoms with Crippen molar-refractivity contribution in [1.29, 1.82) is 0 Å². The number of nitrogens with zero attached hydrogens (tertiary/aromatic N) is 1. The van der Waals surface area contributed by atoms with Crippen molar-refractivity contribution in [3.05, 3.63) is 40.7 Å². The van der Waals surface area contributed by atoms with Crippen LogP contribution in [0, 0.1) is 5.82 Å². The lowest BCUT2D eigenvalue weighted by Crippen LogP contribution is -2.40. The van der Waals surface area contributed by atoms with Crippen LogP contribution in [0.3, 0.4) is 0 Å². The first kappa shape index (κ1) is 15.5. The summed E-state index contributed by atoms with van der Waals surface area (Å²) in [5, 5.41) is -0.00166. The molecule has 1 fully saturated rings. The van der Waals surface area contributed by atoms with Gasteiger partial charge in [0.25, 0.3) is 0 Å². The van der Waals surface area contributed by atoms with E-state index in [1.165, 1.54) is 36.3 Å². The quantitative estimate of drug-likeness (QED) is 0.637. The van der Waals surface area contributed by atoms with Gasteiger partial charge in [-0.25, -0.2) is 9.18 Å². The number of hydrogen-bond donors (Lipinski definition) is 0. The van der Waals surface area contributed by atoms with E-state index in [1.54, 1.807) is 6.08 Å². The minimum Gasteiger partial charge on any atom is -0.467 e. The maximum atomic E-state index is 13.0. The fourth-order valence-corrected chi connectivity index (χ4v) is 2.48. The molecule has 1 atom stereocenters. The number of carbonyl (C=O) groups excluding carboxylic acids is 2. The van der Waals surface area contributed by atoms with Crippen molar-refractivity contribution < 1.29 is 18.7 Å². The molecule has 21 heavy (non-hydrogen) atoms. The summed E-state index contributed by atoms with van der Waals surface area (Å²) >= 11 is 5.67. The molecule has 1 heterocycles. The molecule has 0 radical (unpaired) electrons. The zero-order valence-corrected chi connectivity index (χ0v) is 12.3. The van der Waals surface area contributed by atoms with Gasteiger partial charge in [0, 0.05) is 12.6 Å². The number of halogens is 2. The Balaban J connectivity index is 2.08. The lowest BCUT2D eigenvalue weighted by molar-refractivity contribution is -0.149. The highest BCUT2D eigenvalue weighted by Gasteiger charge is 2.33. The Morgan fingerprint density at radius 1 is 1.48 bits per heavy atom. The third-order valence-electron chi connectivity index (χ3n) is 3.37. The molecule has 2 rings (SSSR count). The number of benzene rings is 1. The van der Waals surface area contributed by atoms with Crippen LogP contribution in [0.2, 0.25) is 5.02 Å². The first-order chi connectivity index (χ1) is 10.0. The summed E-state index contributed by atoms with van der Waals surface area (Å²) in [7, 11) is 1.31. The summed E-state index contributed by atoms with van der Waals surface area (Å²) < 4.78 is 17.7. The molecule has 1 aromatic carbocycles. The van der Waals surface area contributed by atoms with Crippen molar-refractivity contribution in [3.8, 4) is 0 Å². The van der Waals surface area contributed by atoms with Crippen molar-refractivity contribution in [3.63, 3.8) is 0 Å². The topological polar surface area (TPSA) is 46.6 Å². The summed E-state index contributed by atoms with van der Waals surface area (Å²) in [6.45, 7) is 0.521. The van der Waals surface area contributed by atoms with E-state index in [4.69, 9.17) is 16.3 Å². The molecule has 0 aliphatic carbocycles. The first-order valence-corrected chi connectivity index (χ1v) is 6.92. The Bertz CT molecular complexity index is 588. The van der Waals surface area contributed by atoms with Gasteiger partial charge in [-0.2, -0.15) is 0 Å². The Morgan fingerprint density at radius 3 is 2.90 bits per heavy atom. The van der Waals surface area contributed by atoms with Crippen LogP contribution in [-0.4, -0.2) is 36.5 Å². The third kappa shape index (κ3) is 3.61. The molecule has 6 heteroatoms. The van der Waals surface area contributed by atoms with Crippen molar-refractivity contribution in [2.75, 3.05) is 13.7 Å². The van der Waals surface area contributed by atoms with Gasteiger partial charge in [-0.05, 0) is 36.6 Å². The molecule has 1 unspecified atom stereocenters. The second-order valence-electron chi connectivity index (χ2n) is 4.72. The number of carbonyl (C=O) groups is 2. The molecule has 1 aromatic rings. The number of rotatable bonds is 3. The predicted molar refractivity (Wildman–Crippen MR) is 77.2 cm³/mol. The van der Waals surface area contributed by atoms with E-state index in [9.17, 15) is 14.0 Å². The van der Waals surface area contributed by atoms with Crippen LogP contribution in [0.15, 0.2) is 24.3 Å². The Morgan fingerprint density at radius 2 is 2.24 bits per heavy atom. The van der Waals surface area contributed by atoms with E-state index in [-0.39, 0.29) is 10.9 Å². The summed E-state index contributed by atoms with van der Waals surface area (Å²) in [4.78, 5) is 25.2. The first-order valence-electron chi connectivity index (χ1n) is 6.54. The molecule has 0 N–H and O–H groups in total. The monoisotopic (exact) mass is 311 g/mol. The van der Waals surface area contributed by atoms with Crippen LogP contribution in [0.25, 0.3) is 6.08 Å². The van der Waals surface area contributed by atoms with Crippen molar-refractivity contribution in [1.82, 2.24) is 4.90 Å². The maximum absolute atomic E-state index is 13.0. The molecular weight excluding hydrogens is 297 g/mol. The van der Waals surface area contributed by atoms with Gasteiger partial charge in [0.2, 0.25) is 5.91 Å². The van der Waals surface area contributed by atoms with Crippen LogP contribution in [0.1, 0.15) is 18.4 Å². The minimum absolute atomic E-state index is 0.00166. The number of likely N-dealkylation sites (tertiary alicyclic amines) is 1. The minimum atomic E-state index is -0.524. The van der Waals surface area contributed by atoms with Gasteiger partial charge in [-0.15, -0.1) is 0 Å². The SMILES string of the molecule is COC(=O)C1CCCN1C(=O)/C=C/c1ccc(F)c(Cl)c1. The second-order valence-corrected chi connectivity index (χ2v) is 5.13. The molecule has 0 bridgehead atoms. The van der Waals surface area contributed by atoms with Crippen molar-refractivity contribution in [2.45, 2.75) is 18.9 Å². The lowest BCUT2D eigenvalue weighted by Gasteiger charge is -2.20. The third-order valence-corrected chi connectivity index (χ3v) is 3.66. The van der Waals surface area contributed by atoms with E-state index >= 15 is 0 Å². The van der Waals surface area contributed by atoms with E-state index in [1.807, 2.05) is 0 Å². The highest BCUT2D eigenvalue weighted by atomic mass is 35.5. The lowest BCUT2D eigenvalue weighted by atomic mass is 10.2. The average Bonchev–Trinajstić information content (AvgIpc) is 2.97. The van der Waals surface area contributed by atoms with Gasteiger partial charge < -0.3 is 9.64 Å². The maximum Gasteiger partial charge on any atom is 0.328 e. The molecule has 0 spiro atoms. The summed E-state index contributed by atoms with van der Waals surface area (Å²) in [5.74, 6) is -1.19. The Kier molecular flexibility index (Phi) is 4.96. The van der Waals surface area contributed by atoms with E-state index in [0.29, 0.717) is 18.5 Å². The van der Waals surface area contributed by atoms with Crippen LogP contribution >= 0.6 is 11.6 Å². The molecule has 1 amide bonds. The van der Waals surface area contributed by atoms with Crippen molar-refractivity contribution >= 4 is 29.6 Å². The molecule has 0 aromatic heterocycles. The van der Waals surface area contributed by atoms with Gasteiger partial charge in [-0.3, -0.25) is 4.79 Å². The predicted octanol–water partition coefficient (Wildman–Crippen LogP) is 2.66. The van der Waals surface area contributed by atoms with Crippen molar-refractivity contribution in [2.24, 2.45) is 0 Å².